The fourth-order valence-corrected chi connectivity index (χ4v) is 1.50. The molecule has 0 aliphatic heterocycles. The van der Waals surface area contributed by atoms with Crippen LogP contribution in [0.2, 0.25) is 0 Å². The van der Waals surface area contributed by atoms with Crippen molar-refractivity contribution in [3.05, 3.63) is 36.0 Å². The average Bonchev–Trinajstić information content (AvgIpc) is 2.39. The lowest BCUT2D eigenvalue weighted by molar-refractivity contribution is 0.415. The molecule has 0 fully saturated rings. The third kappa shape index (κ3) is 2.86. The fraction of sp³-hybridized carbons (Fsp3) is 0.167. The Balaban J connectivity index is 2.19. The first-order chi connectivity index (χ1) is 8.71. The van der Waals surface area contributed by atoms with E-state index in [1.165, 1.54) is 0 Å². The third-order valence-corrected chi connectivity index (χ3v) is 2.35. The van der Waals surface area contributed by atoms with Gasteiger partial charge in [0.25, 0.3) is 0 Å². The Morgan fingerprint density at radius 2 is 1.89 bits per heavy atom. The molecule has 18 heavy (non-hydrogen) atoms. The summed E-state index contributed by atoms with van der Waals surface area (Å²) in [5.74, 6) is 7.20. The lowest BCUT2D eigenvalue weighted by Gasteiger charge is -2.08. The maximum absolute atomic E-state index is 5.33. The molecule has 0 aliphatic carbocycles. The molecule has 1 heterocycles. The number of benzene rings is 1. The molecule has 6 heteroatoms. The van der Waals surface area contributed by atoms with Crippen LogP contribution in [-0.4, -0.2) is 17.1 Å². The lowest BCUT2D eigenvalue weighted by atomic mass is 10.3. The summed E-state index contributed by atoms with van der Waals surface area (Å²) in [5.41, 5.74) is 4.21. The minimum absolute atomic E-state index is 0.494. The first kappa shape index (κ1) is 12.1. The number of hydrogen-bond donors (Lipinski definition) is 3. The number of nitrogens with two attached hydrogens (primary N) is 1. The maximum Gasteiger partial charge on any atom is 0.229 e. The Morgan fingerprint density at radius 1 is 1.17 bits per heavy atom. The minimum Gasteiger partial charge on any atom is -0.497 e. The Kier molecular flexibility index (Phi) is 3.59. The summed E-state index contributed by atoms with van der Waals surface area (Å²) in [6.45, 7) is 1.88. The molecule has 0 saturated carbocycles. The zero-order chi connectivity index (χ0) is 13.0. The molecule has 1 aromatic heterocycles. The summed E-state index contributed by atoms with van der Waals surface area (Å²) in [5, 5.41) is 3.10. The van der Waals surface area contributed by atoms with E-state index in [2.05, 4.69) is 20.7 Å². The number of nitrogens with zero attached hydrogens (tertiary/aromatic N) is 2. The first-order valence-corrected chi connectivity index (χ1v) is 5.44. The second-order valence-electron chi connectivity index (χ2n) is 3.72. The SMILES string of the molecule is COc1ccc(Nc2nc(C)cc(NN)n2)cc1. The molecule has 0 amide bonds. The van der Waals surface area contributed by atoms with Gasteiger partial charge in [0, 0.05) is 17.4 Å². The van der Waals surface area contributed by atoms with Gasteiger partial charge in [-0.25, -0.2) is 10.8 Å². The monoisotopic (exact) mass is 245 g/mol. The van der Waals surface area contributed by atoms with Gasteiger partial charge in [0.05, 0.1) is 7.11 Å². The zero-order valence-corrected chi connectivity index (χ0v) is 10.3. The van der Waals surface area contributed by atoms with Crippen molar-refractivity contribution >= 4 is 17.5 Å². The standard InChI is InChI=1S/C12H15N5O/c1-8-7-11(17-13)16-12(14-8)15-9-3-5-10(18-2)6-4-9/h3-7H,13H2,1-2H3,(H2,14,15,16,17). The second kappa shape index (κ2) is 5.33. The topological polar surface area (TPSA) is 85.1 Å². The van der Waals surface area contributed by atoms with Gasteiger partial charge in [-0.15, -0.1) is 0 Å². The van der Waals surface area contributed by atoms with E-state index in [0.717, 1.165) is 17.1 Å². The molecule has 2 rings (SSSR count). The van der Waals surface area contributed by atoms with E-state index in [-0.39, 0.29) is 0 Å². The van der Waals surface area contributed by atoms with Gasteiger partial charge in [0.2, 0.25) is 5.95 Å². The van der Waals surface area contributed by atoms with Crippen molar-refractivity contribution in [1.82, 2.24) is 9.97 Å². The summed E-state index contributed by atoms with van der Waals surface area (Å²) in [6.07, 6.45) is 0. The zero-order valence-electron chi connectivity index (χ0n) is 10.3. The summed E-state index contributed by atoms with van der Waals surface area (Å²) in [6, 6.07) is 9.26. The molecule has 0 atom stereocenters. The van der Waals surface area contributed by atoms with E-state index in [1.54, 1.807) is 13.2 Å². The van der Waals surface area contributed by atoms with Gasteiger partial charge >= 0.3 is 0 Å². The molecule has 0 saturated heterocycles. The van der Waals surface area contributed by atoms with Crippen LogP contribution in [0, 0.1) is 6.92 Å². The third-order valence-electron chi connectivity index (χ3n) is 2.35. The summed E-state index contributed by atoms with van der Waals surface area (Å²) < 4.78 is 5.09. The van der Waals surface area contributed by atoms with Crippen molar-refractivity contribution in [2.45, 2.75) is 6.92 Å². The molecule has 6 nitrogen and oxygen atoms in total. The summed E-state index contributed by atoms with van der Waals surface area (Å²) in [7, 11) is 1.63. The number of ether oxygens (including phenoxy) is 1. The van der Waals surface area contributed by atoms with Gasteiger partial charge in [-0.2, -0.15) is 4.98 Å². The molecular formula is C12H15N5O. The number of methoxy groups -OCH3 is 1. The van der Waals surface area contributed by atoms with Crippen molar-refractivity contribution in [2.75, 3.05) is 17.9 Å². The number of anilines is 3. The van der Waals surface area contributed by atoms with Crippen molar-refractivity contribution < 1.29 is 4.74 Å². The minimum atomic E-state index is 0.494. The highest BCUT2D eigenvalue weighted by Crippen LogP contribution is 2.18. The lowest BCUT2D eigenvalue weighted by Crippen LogP contribution is -2.10. The van der Waals surface area contributed by atoms with Gasteiger partial charge in [-0.3, -0.25) is 0 Å². The fourth-order valence-electron chi connectivity index (χ4n) is 1.50. The first-order valence-electron chi connectivity index (χ1n) is 5.44. The molecule has 2 aromatic rings. The van der Waals surface area contributed by atoms with Gasteiger partial charge < -0.3 is 15.5 Å². The number of hydrogen-bond acceptors (Lipinski definition) is 6. The highest BCUT2D eigenvalue weighted by molar-refractivity contribution is 5.56. The Hall–Kier alpha value is -2.34. The number of aryl methyl sites for hydroxylation is 1. The number of rotatable bonds is 4. The summed E-state index contributed by atoms with van der Waals surface area (Å²) in [4.78, 5) is 8.47. The Bertz CT molecular complexity index is 526. The van der Waals surface area contributed by atoms with Crippen LogP contribution in [0.5, 0.6) is 5.75 Å². The smallest absolute Gasteiger partial charge is 0.229 e. The van der Waals surface area contributed by atoms with Crippen LogP contribution in [0.3, 0.4) is 0 Å². The highest BCUT2D eigenvalue weighted by Gasteiger charge is 2.02. The van der Waals surface area contributed by atoms with Crippen LogP contribution in [-0.2, 0) is 0 Å². The molecule has 0 unspecified atom stereocenters. The second-order valence-corrected chi connectivity index (χ2v) is 3.72. The largest absolute Gasteiger partial charge is 0.497 e. The van der Waals surface area contributed by atoms with Crippen LogP contribution >= 0.6 is 0 Å². The van der Waals surface area contributed by atoms with Crippen LogP contribution in [0.15, 0.2) is 30.3 Å². The van der Waals surface area contributed by atoms with E-state index in [9.17, 15) is 0 Å². The summed E-state index contributed by atoms with van der Waals surface area (Å²) >= 11 is 0. The van der Waals surface area contributed by atoms with Crippen molar-refractivity contribution in [3.63, 3.8) is 0 Å². The normalized spacial score (nSPS) is 9.94. The quantitative estimate of drug-likeness (QED) is 0.563. The van der Waals surface area contributed by atoms with Crippen LogP contribution < -0.4 is 21.3 Å². The molecule has 0 bridgehead atoms. The number of aromatic nitrogens is 2. The van der Waals surface area contributed by atoms with Gasteiger partial charge in [-0.1, -0.05) is 0 Å². The maximum atomic E-state index is 5.33. The number of hydrazine groups is 1. The number of nitrogen functional groups attached to an aromatic ring is 1. The molecule has 94 valence electrons. The van der Waals surface area contributed by atoms with Crippen molar-refractivity contribution in [1.29, 1.82) is 0 Å². The van der Waals surface area contributed by atoms with Crippen LogP contribution in [0.4, 0.5) is 17.5 Å². The van der Waals surface area contributed by atoms with E-state index in [0.29, 0.717) is 11.8 Å². The molecule has 0 radical (unpaired) electrons. The van der Waals surface area contributed by atoms with E-state index >= 15 is 0 Å². The molecule has 4 N–H and O–H groups in total. The predicted molar refractivity (Wildman–Crippen MR) is 70.9 cm³/mol. The highest BCUT2D eigenvalue weighted by atomic mass is 16.5. The van der Waals surface area contributed by atoms with E-state index in [1.807, 2.05) is 31.2 Å². The Morgan fingerprint density at radius 3 is 2.50 bits per heavy atom. The molecule has 0 aliphatic rings. The van der Waals surface area contributed by atoms with Crippen LogP contribution in [0.1, 0.15) is 5.69 Å². The van der Waals surface area contributed by atoms with Crippen molar-refractivity contribution in [2.24, 2.45) is 5.84 Å². The number of nitrogens with one attached hydrogen (secondary N) is 2. The predicted octanol–water partition coefficient (Wildman–Crippen LogP) is 1.82. The molecule has 0 spiro atoms. The van der Waals surface area contributed by atoms with Gasteiger partial charge in [0.1, 0.15) is 11.6 Å². The van der Waals surface area contributed by atoms with Gasteiger partial charge in [0.15, 0.2) is 0 Å². The van der Waals surface area contributed by atoms with Gasteiger partial charge in [-0.05, 0) is 31.2 Å². The average molecular weight is 245 g/mol. The van der Waals surface area contributed by atoms with Crippen molar-refractivity contribution in [3.8, 4) is 5.75 Å². The molecule has 1 aromatic carbocycles. The van der Waals surface area contributed by atoms with E-state index in [4.69, 9.17) is 10.6 Å². The Labute approximate surface area is 105 Å². The van der Waals surface area contributed by atoms with E-state index < -0.39 is 0 Å². The molecular weight excluding hydrogens is 230 g/mol. The van der Waals surface area contributed by atoms with Crippen LogP contribution in [0.25, 0.3) is 0 Å².